The van der Waals surface area contributed by atoms with Gasteiger partial charge in [0.05, 0.1) is 11.5 Å². The maximum Gasteiger partial charge on any atom is 0.223 e. The van der Waals surface area contributed by atoms with E-state index in [0.29, 0.717) is 19.5 Å². The summed E-state index contributed by atoms with van der Waals surface area (Å²) in [5.41, 5.74) is 0.122. The van der Waals surface area contributed by atoms with Crippen LogP contribution in [-0.2, 0) is 14.6 Å². The minimum atomic E-state index is -2.89. The molecule has 0 aromatic carbocycles. The van der Waals surface area contributed by atoms with E-state index in [9.17, 15) is 13.2 Å². The van der Waals surface area contributed by atoms with Crippen LogP contribution in [0, 0.1) is 5.41 Å². The fourth-order valence-corrected chi connectivity index (χ4v) is 3.59. The highest BCUT2D eigenvalue weighted by molar-refractivity contribution is 7.91. The van der Waals surface area contributed by atoms with Crippen LogP contribution in [0.2, 0.25) is 0 Å². The molecule has 0 unspecified atom stereocenters. The molecular weight excluding hydrogens is 246 g/mol. The lowest BCUT2D eigenvalue weighted by Crippen LogP contribution is -2.44. The van der Waals surface area contributed by atoms with Gasteiger partial charge in [0.2, 0.25) is 5.91 Å². The monoisotopic (exact) mass is 263 g/mol. The molecule has 16 heavy (non-hydrogen) atoms. The number of carbonyl (C=O) groups is 1. The average molecular weight is 263 g/mol. The fraction of sp³-hybridized carbons (Fsp3) is 0.900. The van der Waals surface area contributed by atoms with Crippen molar-refractivity contribution in [1.29, 1.82) is 0 Å². The third-order valence-electron chi connectivity index (χ3n) is 3.52. The van der Waals surface area contributed by atoms with Crippen molar-refractivity contribution in [1.82, 2.24) is 4.90 Å². The second kappa shape index (κ2) is 4.22. The van der Waals surface area contributed by atoms with Crippen molar-refractivity contribution in [2.75, 3.05) is 30.3 Å². The van der Waals surface area contributed by atoms with E-state index in [-0.39, 0.29) is 22.8 Å². The van der Waals surface area contributed by atoms with Gasteiger partial charge in [-0.05, 0) is 24.0 Å². The summed E-state index contributed by atoms with van der Waals surface area (Å²) < 4.78 is 22.4. The van der Waals surface area contributed by atoms with Gasteiger partial charge in [-0.2, -0.15) is 12.6 Å². The normalized spacial score (nSPS) is 26.4. The maximum absolute atomic E-state index is 11.9. The van der Waals surface area contributed by atoms with Crippen molar-refractivity contribution < 1.29 is 13.2 Å². The molecule has 0 spiro atoms. The average Bonchev–Trinajstić information content (AvgIpc) is 2.98. The Balaban J connectivity index is 1.87. The number of rotatable bonds is 3. The first-order valence-corrected chi connectivity index (χ1v) is 8.01. The molecule has 0 radical (unpaired) electrons. The Labute approximate surface area is 102 Å². The smallest absolute Gasteiger partial charge is 0.223 e. The van der Waals surface area contributed by atoms with Gasteiger partial charge in [-0.1, -0.05) is 0 Å². The fourth-order valence-electron chi connectivity index (χ4n) is 1.96. The number of amides is 1. The summed E-state index contributed by atoms with van der Waals surface area (Å²) in [5.74, 6) is 1.09. The SMILES string of the molecule is O=C(CC1(CS)CC1)N1CCS(=O)(=O)CC1. The molecule has 0 N–H and O–H groups in total. The van der Waals surface area contributed by atoms with Gasteiger partial charge >= 0.3 is 0 Å². The Morgan fingerprint density at radius 1 is 1.25 bits per heavy atom. The van der Waals surface area contributed by atoms with Gasteiger partial charge in [0.25, 0.3) is 0 Å². The van der Waals surface area contributed by atoms with Crippen molar-refractivity contribution in [2.45, 2.75) is 19.3 Å². The zero-order valence-corrected chi connectivity index (χ0v) is 10.9. The number of sulfone groups is 1. The molecule has 92 valence electrons. The summed E-state index contributed by atoms with van der Waals surface area (Å²) in [4.78, 5) is 13.6. The zero-order valence-electron chi connectivity index (χ0n) is 9.18. The molecule has 4 nitrogen and oxygen atoms in total. The van der Waals surface area contributed by atoms with Crippen LogP contribution in [0.4, 0.5) is 0 Å². The molecule has 1 heterocycles. The topological polar surface area (TPSA) is 54.5 Å². The Kier molecular flexibility index (Phi) is 3.22. The zero-order chi connectivity index (χ0) is 11.8. The molecule has 6 heteroatoms. The first kappa shape index (κ1) is 12.2. The van der Waals surface area contributed by atoms with Crippen molar-refractivity contribution in [3.63, 3.8) is 0 Å². The molecule has 0 aromatic heterocycles. The molecule has 0 aromatic rings. The molecule has 2 rings (SSSR count). The van der Waals surface area contributed by atoms with Crippen molar-refractivity contribution in [2.24, 2.45) is 5.41 Å². The third-order valence-corrected chi connectivity index (χ3v) is 5.80. The van der Waals surface area contributed by atoms with Gasteiger partial charge in [0.1, 0.15) is 0 Å². The highest BCUT2D eigenvalue weighted by atomic mass is 32.2. The predicted molar refractivity (Wildman–Crippen MR) is 65.4 cm³/mol. The first-order valence-electron chi connectivity index (χ1n) is 5.55. The molecule has 2 fully saturated rings. The van der Waals surface area contributed by atoms with E-state index in [0.717, 1.165) is 18.6 Å². The lowest BCUT2D eigenvalue weighted by molar-refractivity contribution is -0.132. The molecular formula is C10H17NO3S2. The largest absolute Gasteiger partial charge is 0.341 e. The molecule has 2 aliphatic rings. The lowest BCUT2D eigenvalue weighted by Gasteiger charge is -2.28. The van der Waals surface area contributed by atoms with E-state index >= 15 is 0 Å². The number of hydrogen-bond acceptors (Lipinski definition) is 4. The minimum Gasteiger partial charge on any atom is -0.341 e. The van der Waals surface area contributed by atoms with Gasteiger partial charge in [-0.3, -0.25) is 4.79 Å². The Morgan fingerprint density at radius 3 is 2.25 bits per heavy atom. The van der Waals surface area contributed by atoms with Gasteiger partial charge in [0.15, 0.2) is 9.84 Å². The first-order chi connectivity index (χ1) is 7.46. The summed E-state index contributed by atoms with van der Waals surface area (Å²) in [7, 11) is -2.89. The van der Waals surface area contributed by atoms with Crippen molar-refractivity contribution in [3.8, 4) is 0 Å². The van der Waals surface area contributed by atoms with Crippen molar-refractivity contribution >= 4 is 28.4 Å². The Bertz CT molecular complexity index is 373. The second-order valence-electron chi connectivity index (χ2n) is 4.87. The number of hydrogen-bond donors (Lipinski definition) is 1. The quantitative estimate of drug-likeness (QED) is 0.747. The van der Waals surface area contributed by atoms with Crippen LogP contribution in [0.3, 0.4) is 0 Å². The standard InChI is InChI=1S/C10H17NO3S2/c12-9(7-10(8-15)1-2-10)11-3-5-16(13,14)6-4-11/h15H,1-8H2. The van der Waals surface area contributed by atoms with Crippen LogP contribution < -0.4 is 0 Å². The number of nitrogens with zero attached hydrogens (tertiary/aromatic N) is 1. The van der Waals surface area contributed by atoms with Crippen LogP contribution in [0.25, 0.3) is 0 Å². The predicted octanol–water partition coefficient (Wildman–Crippen LogP) is 0.344. The van der Waals surface area contributed by atoms with Crippen LogP contribution in [0.5, 0.6) is 0 Å². The summed E-state index contributed by atoms with van der Waals surface area (Å²) in [6.45, 7) is 0.730. The number of thiol groups is 1. The van der Waals surface area contributed by atoms with Crippen LogP contribution in [0.15, 0.2) is 0 Å². The Hall–Kier alpha value is -0.230. The highest BCUT2D eigenvalue weighted by Gasteiger charge is 2.44. The molecule has 1 saturated carbocycles. The number of carbonyl (C=O) groups excluding carboxylic acids is 1. The molecule has 0 bridgehead atoms. The molecule has 1 amide bonds. The van der Waals surface area contributed by atoms with E-state index < -0.39 is 9.84 Å². The van der Waals surface area contributed by atoms with Crippen LogP contribution >= 0.6 is 12.6 Å². The van der Waals surface area contributed by atoms with Crippen LogP contribution in [-0.4, -0.2) is 49.6 Å². The molecule has 1 saturated heterocycles. The van der Waals surface area contributed by atoms with Crippen molar-refractivity contribution in [3.05, 3.63) is 0 Å². The molecule has 0 atom stereocenters. The van der Waals surface area contributed by atoms with E-state index in [1.165, 1.54) is 0 Å². The summed E-state index contributed by atoms with van der Waals surface area (Å²) in [6.07, 6.45) is 2.69. The van der Waals surface area contributed by atoms with E-state index in [1.807, 2.05) is 0 Å². The summed E-state index contributed by atoms with van der Waals surface area (Å²) in [5, 5.41) is 0. The summed E-state index contributed by atoms with van der Waals surface area (Å²) >= 11 is 4.26. The van der Waals surface area contributed by atoms with E-state index in [4.69, 9.17) is 0 Å². The second-order valence-corrected chi connectivity index (χ2v) is 7.49. The third kappa shape index (κ3) is 2.71. The molecule has 1 aliphatic heterocycles. The van der Waals surface area contributed by atoms with Crippen LogP contribution in [0.1, 0.15) is 19.3 Å². The lowest BCUT2D eigenvalue weighted by atomic mass is 10.0. The molecule has 1 aliphatic carbocycles. The van der Waals surface area contributed by atoms with Gasteiger partial charge in [-0.15, -0.1) is 0 Å². The van der Waals surface area contributed by atoms with Gasteiger partial charge in [-0.25, -0.2) is 8.42 Å². The maximum atomic E-state index is 11.9. The van der Waals surface area contributed by atoms with E-state index in [1.54, 1.807) is 4.90 Å². The van der Waals surface area contributed by atoms with E-state index in [2.05, 4.69) is 12.6 Å². The van der Waals surface area contributed by atoms with Gasteiger partial charge in [0, 0.05) is 19.5 Å². The highest BCUT2D eigenvalue weighted by Crippen LogP contribution is 2.49. The Morgan fingerprint density at radius 2 is 1.81 bits per heavy atom. The van der Waals surface area contributed by atoms with Gasteiger partial charge < -0.3 is 4.90 Å². The minimum absolute atomic E-state index is 0.0986. The summed E-state index contributed by atoms with van der Waals surface area (Å²) in [6, 6.07) is 0.